The highest BCUT2D eigenvalue weighted by atomic mass is 35.5. The van der Waals surface area contributed by atoms with Gasteiger partial charge in [-0.3, -0.25) is 9.52 Å². The summed E-state index contributed by atoms with van der Waals surface area (Å²) in [5.41, 5.74) is 0.107. The molecule has 0 radical (unpaired) electrons. The van der Waals surface area contributed by atoms with E-state index < -0.39 is 16.1 Å². The Morgan fingerprint density at radius 2 is 1.54 bits per heavy atom. The van der Waals surface area contributed by atoms with Crippen molar-refractivity contribution in [2.75, 3.05) is 4.72 Å². The van der Waals surface area contributed by atoms with Gasteiger partial charge in [0.15, 0.2) is 6.10 Å². The van der Waals surface area contributed by atoms with Crippen LogP contribution in [-0.2, 0) is 14.8 Å². The maximum Gasteiger partial charge on any atom is 0.261 e. The van der Waals surface area contributed by atoms with E-state index in [1.54, 1.807) is 6.92 Å². The number of hydrogen-bond donors (Lipinski definition) is 2. The van der Waals surface area contributed by atoms with Crippen LogP contribution in [0.3, 0.4) is 0 Å². The first-order valence-electron chi connectivity index (χ1n) is 8.24. The second-order valence-electron chi connectivity index (χ2n) is 6.25. The van der Waals surface area contributed by atoms with Crippen LogP contribution in [0.4, 0.5) is 5.69 Å². The Morgan fingerprint density at radius 1 is 0.964 bits per heavy atom. The molecule has 0 unspecified atom stereocenters. The third-order valence-corrected chi connectivity index (χ3v) is 5.92. The van der Waals surface area contributed by atoms with Gasteiger partial charge in [0, 0.05) is 6.04 Å². The number of ether oxygens (including phenoxy) is 1. The van der Waals surface area contributed by atoms with E-state index in [0.717, 1.165) is 0 Å². The lowest BCUT2D eigenvalue weighted by Crippen LogP contribution is -2.40. The third kappa shape index (κ3) is 5.91. The van der Waals surface area contributed by atoms with Crippen molar-refractivity contribution in [1.29, 1.82) is 0 Å². The number of nitrogens with one attached hydrogen (secondary N) is 2. The number of anilines is 1. The lowest BCUT2D eigenvalue weighted by molar-refractivity contribution is -0.127. The molecular weight excluding hydrogens is 447 g/mol. The molecule has 0 aliphatic rings. The summed E-state index contributed by atoms with van der Waals surface area (Å²) in [6.07, 6.45) is -0.724. The highest BCUT2D eigenvalue weighted by Crippen LogP contribution is 2.33. The van der Waals surface area contributed by atoms with Gasteiger partial charge >= 0.3 is 0 Å². The highest BCUT2D eigenvalue weighted by Gasteiger charge is 2.19. The largest absolute Gasteiger partial charge is 0.481 e. The summed E-state index contributed by atoms with van der Waals surface area (Å²) in [5, 5.41) is 3.23. The zero-order chi connectivity index (χ0) is 21.1. The number of carbonyl (C=O) groups excluding carboxylic acids is 1. The lowest BCUT2D eigenvalue weighted by atomic mass is 10.3. The molecular formula is C18H19Cl3N2O4S. The number of benzene rings is 2. The molecule has 2 aromatic carbocycles. The first-order chi connectivity index (χ1) is 13.0. The molecule has 28 heavy (non-hydrogen) atoms. The van der Waals surface area contributed by atoms with Crippen LogP contribution in [0, 0.1) is 0 Å². The molecule has 2 N–H and O–H groups in total. The fourth-order valence-corrected chi connectivity index (χ4v) is 3.88. The van der Waals surface area contributed by atoms with Gasteiger partial charge < -0.3 is 10.1 Å². The van der Waals surface area contributed by atoms with Crippen molar-refractivity contribution < 1.29 is 17.9 Å². The monoisotopic (exact) mass is 464 g/mol. The molecule has 0 bridgehead atoms. The Bertz CT molecular complexity index is 964. The number of carbonyl (C=O) groups is 1. The van der Waals surface area contributed by atoms with Gasteiger partial charge in [0.05, 0.1) is 25.7 Å². The summed E-state index contributed by atoms with van der Waals surface area (Å²) in [5.74, 6) is 0.0977. The van der Waals surface area contributed by atoms with E-state index in [1.807, 2.05) is 13.8 Å². The zero-order valence-electron chi connectivity index (χ0n) is 15.3. The molecule has 0 heterocycles. The van der Waals surface area contributed by atoms with Crippen LogP contribution in [0.1, 0.15) is 20.8 Å². The standard InChI is InChI=1S/C18H19Cl3N2O4S/c1-10(2)22-18(24)11(3)27-12-4-6-13(7-5-12)28(25,26)23-17-9-15(20)14(19)8-16(17)21/h4-11,23H,1-3H3,(H,22,24)/t11-/m1/s1. The van der Waals surface area contributed by atoms with Crippen LogP contribution >= 0.6 is 34.8 Å². The molecule has 0 fully saturated rings. The van der Waals surface area contributed by atoms with Crippen molar-refractivity contribution in [2.24, 2.45) is 0 Å². The molecule has 1 atom stereocenters. The smallest absolute Gasteiger partial charge is 0.261 e. The van der Waals surface area contributed by atoms with E-state index >= 15 is 0 Å². The van der Waals surface area contributed by atoms with Crippen molar-refractivity contribution in [3.8, 4) is 5.75 Å². The molecule has 0 saturated heterocycles. The van der Waals surface area contributed by atoms with Gasteiger partial charge in [-0.25, -0.2) is 8.42 Å². The van der Waals surface area contributed by atoms with Gasteiger partial charge in [-0.15, -0.1) is 0 Å². The number of halogens is 3. The van der Waals surface area contributed by atoms with E-state index in [4.69, 9.17) is 39.5 Å². The predicted molar refractivity (Wildman–Crippen MR) is 112 cm³/mol. The van der Waals surface area contributed by atoms with Crippen LogP contribution in [0.2, 0.25) is 15.1 Å². The third-order valence-electron chi connectivity index (χ3n) is 3.50. The van der Waals surface area contributed by atoms with E-state index in [9.17, 15) is 13.2 Å². The normalized spacial score (nSPS) is 12.5. The van der Waals surface area contributed by atoms with E-state index in [2.05, 4.69) is 10.0 Å². The van der Waals surface area contributed by atoms with Gasteiger partial charge in [-0.1, -0.05) is 34.8 Å². The number of sulfonamides is 1. The van der Waals surface area contributed by atoms with Crippen LogP contribution in [0.25, 0.3) is 0 Å². The average molecular weight is 466 g/mol. The van der Waals surface area contributed by atoms with Crippen LogP contribution in [-0.4, -0.2) is 26.5 Å². The minimum atomic E-state index is -3.91. The Hall–Kier alpha value is -1.67. The maximum absolute atomic E-state index is 12.6. The summed E-state index contributed by atoms with van der Waals surface area (Å²) < 4.78 is 33.0. The molecule has 0 aromatic heterocycles. The summed E-state index contributed by atoms with van der Waals surface area (Å²) in [6.45, 7) is 5.30. The van der Waals surface area contributed by atoms with Crippen molar-refractivity contribution in [3.63, 3.8) is 0 Å². The van der Waals surface area contributed by atoms with Crippen molar-refractivity contribution in [3.05, 3.63) is 51.5 Å². The minimum absolute atomic E-state index is 0.00895. The van der Waals surface area contributed by atoms with Crippen LogP contribution in [0.5, 0.6) is 5.75 Å². The Balaban J connectivity index is 2.13. The summed E-state index contributed by atoms with van der Waals surface area (Å²) in [4.78, 5) is 11.9. The van der Waals surface area contributed by atoms with Crippen LogP contribution < -0.4 is 14.8 Å². The fraction of sp³-hybridized carbons (Fsp3) is 0.278. The second kappa shape index (κ2) is 9.22. The van der Waals surface area contributed by atoms with Gasteiger partial charge in [-0.2, -0.15) is 0 Å². The molecule has 2 rings (SSSR count). The molecule has 2 aromatic rings. The maximum atomic E-state index is 12.6. The number of amides is 1. The predicted octanol–water partition coefficient (Wildman–Crippen LogP) is 4.74. The topological polar surface area (TPSA) is 84.5 Å². The second-order valence-corrected chi connectivity index (χ2v) is 9.15. The Morgan fingerprint density at radius 3 is 2.11 bits per heavy atom. The van der Waals surface area contributed by atoms with Gasteiger partial charge in [0.1, 0.15) is 5.75 Å². The van der Waals surface area contributed by atoms with Crippen LogP contribution in [0.15, 0.2) is 41.3 Å². The average Bonchev–Trinajstić information content (AvgIpc) is 2.59. The summed E-state index contributed by atoms with van der Waals surface area (Å²) >= 11 is 17.8. The molecule has 152 valence electrons. The first-order valence-corrected chi connectivity index (χ1v) is 10.9. The van der Waals surface area contributed by atoms with E-state index in [0.29, 0.717) is 5.75 Å². The minimum Gasteiger partial charge on any atom is -0.481 e. The molecule has 6 nitrogen and oxygen atoms in total. The fourth-order valence-electron chi connectivity index (χ4n) is 2.16. The summed E-state index contributed by atoms with van der Waals surface area (Å²) in [6, 6.07) is 8.31. The van der Waals surface area contributed by atoms with E-state index in [-0.39, 0.29) is 37.6 Å². The molecule has 0 aliphatic heterocycles. The molecule has 0 spiro atoms. The molecule has 10 heteroatoms. The number of rotatable bonds is 7. The summed E-state index contributed by atoms with van der Waals surface area (Å²) in [7, 11) is -3.91. The van der Waals surface area contributed by atoms with Gasteiger partial charge in [-0.05, 0) is 57.2 Å². The quantitative estimate of drug-likeness (QED) is 0.578. The zero-order valence-corrected chi connectivity index (χ0v) is 18.4. The van der Waals surface area contributed by atoms with Gasteiger partial charge in [0.2, 0.25) is 0 Å². The Labute approximate surface area is 179 Å². The molecule has 0 aliphatic carbocycles. The first kappa shape index (κ1) is 22.6. The molecule has 1 amide bonds. The number of hydrogen-bond acceptors (Lipinski definition) is 4. The van der Waals surface area contributed by atoms with Gasteiger partial charge in [0.25, 0.3) is 15.9 Å². The SMILES string of the molecule is CC(C)NC(=O)[C@@H](C)Oc1ccc(S(=O)(=O)Nc2cc(Cl)c(Cl)cc2Cl)cc1. The lowest BCUT2D eigenvalue weighted by Gasteiger charge is -2.16. The van der Waals surface area contributed by atoms with E-state index in [1.165, 1.54) is 36.4 Å². The Kier molecular flexibility index (Phi) is 7.45. The van der Waals surface area contributed by atoms with Crippen molar-refractivity contribution in [2.45, 2.75) is 37.8 Å². The molecule has 0 saturated carbocycles. The highest BCUT2D eigenvalue weighted by molar-refractivity contribution is 7.92. The van der Waals surface area contributed by atoms with Crippen molar-refractivity contribution >= 4 is 56.4 Å². The van der Waals surface area contributed by atoms with Crippen molar-refractivity contribution in [1.82, 2.24) is 5.32 Å².